The van der Waals surface area contributed by atoms with Crippen LogP contribution in [-0.2, 0) is 10.0 Å². The number of thiocarbonyl (C=S) groups is 1. The van der Waals surface area contributed by atoms with Crippen molar-refractivity contribution >= 4 is 44.8 Å². The third-order valence-corrected chi connectivity index (χ3v) is 6.44. The molecular weight excluding hydrogens is 350 g/mol. The Hall–Kier alpha value is -0.830. The Bertz CT molecular complexity index is 629. The van der Waals surface area contributed by atoms with Crippen molar-refractivity contribution in [2.24, 2.45) is 0 Å². The fourth-order valence-corrected chi connectivity index (χ4v) is 4.62. The van der Waals surface area contributed by atoms with Crippen LogP contribution in [0, 0.1) is 0 Å². The average Bonchev–Trinajstić information content (AvgIpc) is 3.07. The van der Waals surface area contributed by atoms with Crippen molar-refractivity contribution in [1.82, 2.24) is 9.62 Å². The summed E-state index contributed by atoms with van der Waals surface area (Å²) in [5, 5.41) is 6.69. The summed E-state index contributed by atoms with van der Waals surface area (Å²) >= 11 is 7.04. The van der Waals surface area contributed by atoms with Crippen LogP contribution < -0.4 is 10.6 Å². The van der Waals surface area contributed by atoms with Gasteiger partial charge in [-0.15, -0.1) is 0 Å². The van der Waals surface area contributed by atoms with E-state index in [2.05, 4.69) is 16.9 Å². The van der Waals surface area contributed by atoms with Crippen LogP contribution in [0.5, 0.6) is 0 Å². The fraction of sp³-hybridized carbons (Fsp3) is 0.533. The predicted molar refractivity (Wildman–Crippen MR) is 102 cm³/mol. The SMILES string of the molecule is CSCCCNC(=S)Nc1cccc(S(=O)(=O)N2CCCC2)c1. The van der Waals surface area contributed by atoms with Gasteiger partial charge in [0.2, 0.25) is 10.0 Å². The maximum Gasteiger partial charge on any atom is 0.243 e. The molecule has 1 aliphatic heterocycles. The number of hydrogen-bond donors (Lipinski definition) is 2. The summed E-state index contributed by atoms with van der Waals surface area (Å²) in [5.41, 5.74) is 0.688. The first kappa shape index (κ1) is 18.5. The Morgan fingerprint density at radius 2 is 2.09 bits per heavy atom. The number of nitrogens with one attached hydrogen (secondary N) is 2. The highest BCUT2D eigenvalue weighted by atomic mass is 32.2. The summed E-state index contributed by atoms with van der Waals surface area (Å²) in [4.78, 5) is 0.314. The molecule has 1 aromatic carbocycles. The van der Waals surface area contributed by atoms with Crippen LogP contribution in [-0.4, -0.2) is 49.5 Å². The number of nitrogens with zero attached hydrogens (tertiary/aromatic N) is 1. The molecule has 0 radical (unpaired) electrons. The molecule has 0 atom stereocenters. The molecule has 1 heterocycles. The highest BCUT2D eigenvalue weighted by molar-refractivity contribution is 7.98. The minimum absolute atomic E-state index is 0.314. The summed E-state index contributed by atoms with van der Waals surface area (Å²) in [6.45, 7) is 2.02. The third-order valence-electron chi connectivity index (χ3n) is 3.61. The molecule has 5 nitrogen and oxygen atoms in total. The molecule has 0 unspecified atom stereocenters. The Labute approximate surface area is 148 Å². The van der Waals surface area contributed by atoms with Gasteiger partial charge in [-0.1, -0.05) is 6.07 Å². The van der Waals surface area contributed by atoms with Gasteiger partial charge in [-0.25, -0.2) is 8.42 Å². The van der Waals surface area contributed by atoms with Gasteiger partial charge in [0.25, 0.3) is 0 Å². The van der Waals surface area contributed by atoms with Gasteiger partial charge < -0.3 is 10.6 Å². The number of benzene rings is 1. The summed E-state index contributed by atoms with van der Waals surface area (Å²) < 4.78 is 26.7. The second-order valence-corrected chi connectivity index (χ2v) is 8.70. The number of thioether (sulfide) groups is 1. The van der Waals surface area contributed by atoms with E-state index >= 15 is 0 Å². The van der Waals surface area contributed by atoms with Gasteiger partial charge in [0, 0.05) is 25.3 Å². The Kier molecular flexibility index (Phi) is 7.13. The minimum atomic E-state index is -3.39. The van der Waals surface area contributed by atoms with Crippen molar-refractivity contribution in [2.75, 3.05) is 37.0 Å². The first-order valence-corrected chi connectivity index (χ1v) is 10.9. The predicted octanol–water partition coefficient (Wildman–Crippen LogP) is 2.51. The first-order valence-electron chi connectivity index (χ1n) is 7.68. The van der Waals surface area contributed by atoms with Crippen LogP contribution >= 0.6 is 24.0 Å². The zero-order valence-corrected chi connectivity index (χ0v) is 15.7. The molecule has 0 saturated carbocycles. The number of anilines is 1. The second kappa shape index (κ2) is 8.86. The van der Waals surface area contributed by atoms with Crippen LogP contribution in [0.4, 0.5) is 5.69 Å². The van der Waals surface area contributed by atoms with E-state index in [0.717, 1.165) is 31.6 Å². The smallest absolute Gasteiger partial charge is 0.243 e. The van der Waals surface area contributed by atoms with E-state index in [9.17, 15) is 8.42 Å². The van der Waals surface area contributed by atoms with E-state index in [-0.39, 0.29) is 0 Å². The van der Waals surface area contributed by atoms with Crippen molar-refractivity contribution in [3.05, 3.63) is 24.3 Å². The molecule has 2 rings (SSSR count). The van der Waals surface area contributed by atoms with Gasteiger partial charge in [0.1, 0.15) is 0 Å². The van der Waals surface area contributed by atoms with Gasteiger partial charge in [-0.2, -0.15) is 16.1 Å². The van der Waals surface area contributed by atoms with Crippen LogP contribution in [0.3, 0.4) is 0 Å². The minimum Gasteiger partial charge on any atom is -0.362 e. The molecule has 0 amide bonds. The molecule has 128 valence electrons. The van der Waals surface area contributed by atoms with Crippen LogP contribution in [0.25, 0.3) is 0 Å². The zero-order valence-electron chi connectivity index (χ0n) is 13.2. The van der Waals surface area contributed by atoms with Gasteiger partial charge in [0.15, 0.2) is 5.11 Å². The largest absolute Gasteiger partial charge is 0.362 e. The molecule has 0 spiro atoms. The molecule has 0 aliphatic carbocycles. The van der Waals surface area contributed by atoms with E-state index < -0.39 is 10.0 Å². The molecule has 1 aliphatic rings. The fourth-order valence-electron chi connectivity index (χ4n) is 2.41. The van der Waals surface area contributed by atoms with Crippen LogP contribution in [0.1, 0.15) is 19.3 Å². The topological polar surface area (TPSA) is 61.4 Å². The van der Waals surface area contributed by atoms with Gasteiger partial charge >= 0.3 is 0 Å². The number of hydrogen-bond acceptors (Lipinski definition) is 4. The molecule has 0 aromatic heterocycles. The van der Waals surface area contributed by atoms with E-state index in [1.807, 2.05) is 6.07 Å². The quantitative estimate of drug-likeness (QED) is 0.566. The molecular formula is C15H23N3O2S3. The van der Waals surface area contributed by atoms with Crippen LogP contribution in [0.2, 0.25) is 0 Å². The van der Waals surface area contributed by atoms with Crippen molar-refractivity contribution < 1.29 is 8.42 Å². The van der Waals surface area contributed by atoms with Gasteiger partial charge in [-0.05, 0) is 61.7 Å². The van der Waals surface area contributed by atoms with Crippen molar-refractivity contribution in [2.45, 2.75) is 24.2 Å². The second-order valence-electron chi connectivity index (χ2n) is 5.37. The van der Waals surface area contributed by atoms with E-state index in [1.54, 1.807) is 34.3 Å². The summed E-state index contributed by atoms with van der Waals surface area (Å²) in [7, 11) is -3.39. The van der Waals surface area contributed by atoms with Crippen LogP contribution in [0.15, 0.2) is 29.2 Å². The number of sulfonamides is 1. The number of rotatable bonds is 7. The standard InChI is InChI=1S/C15H23N3O2S3/c1-22-11-5-8-16-15(21)17-13-6-4-7-14(12-13)23(19,20)18-9-2-3-10-18/h4,6-7,12H,2-3,5,8-11H2,1H3,(H2,16,17,21). The van der Waals surface area contributed by atoms with Gasteiger partial charge in [-0.3, -0.25) is 0 Å². The molecule has 1 fully saturated rings. The zero-order chi connectivity index (χ0) is 16.7. The van der Waals surface area contributed by atoms with E-state index in [1.165, 1.54) is 0 Å². The molecule has 2 N–H and O–H groups in total. The molecule has 1 aromatic rings. The average molecular weight is 374 g/mol. The molecule has 23 heavy (non-hydrogen) atoms. The lowest BCUT2D eigenvalue weighted by Gasteiger charge is -2.16. The summed E-state index contributed by atoms with van der Waals surface area (Å²) in [6, 6.07) is 6.83. The van der Waals surface area contributed by atoms with E-state index in [0.29, 0.717) is 28.8 Å². The summed E-state index contributed by atoms with van der Waals surface area (Å²) in [6.07, 6.45) is 4.97. The highest BCUT2D eigenvalue weighted by Crippen LogP contribution is 2.23. The monoisotopic (exact) mass is 373 g/mol. The Morgan fingerprint density at radius 3 is 2.78 bits per heavy atom. The third kappa shape index (κ3) is 5.34. The first-order chi connectivity index (χ1) is 11.0. The van der Waals surface area contributed by atoms with Crippen molar-refractivity contribution in [3.63, 3.8) is 0 Å². The lowest BCUT2D eigenvalue weighted by molar-refractivity contribution is 0.477. The highest BCUT2D eigenvalue weighted by Gasteiger charge is 2.27. The maximum absolute atomic E-state index is 12.6. The molecule has 1 saturated heterocycles. The van der Waals surface area contributed by atoms with E-state index in [4.69, 9.17) is 12.2 Å². The van der Waals surface area contributed by atoms with Gasteiger partial charge in [0.05, 0.1) is 4.90 Å². The van der Waals surface area contributed by atoms with Crippen molar-refractivity contribution in [3.8, 4) is 0 Å². The maximum atomic E-state index is 12.6. The lowest BCUT2D eigenvalue weighted by atomic mass is 10.3. The Balaban J connectivity index is 1.98. The molecule has 8 heteroatoms. The Morgan fingerprint density at radius 1 is 1.35 bits per heavy atom. The van der Waals surface area contributed by atoms with Crippen molar-refractivity contribution in [1.29, 1.82) is 0 Å². The summed E-state index contributed by atoms with van der Waals surface area (Å²) in [5.74, 6) is 1.08. The lowest BCUT2D eigenvalue weighted by Crippen LogP contribution is -2.30. The molecule has 0 bridgehead atoms. The normalized spacial score (nSPS) is 15.5.